The molecule has 136 valence electrons. The first-order valence-corrected chi connectivity index (χ1v) is 8.00. The van der Waals surface area contributed by atoms with Gasteiger partial charge in [0.2, 0.25) is 5.95 Å². The average Bonchev–Trinajstić information content (AvgIpc) is 2.58. The first-order chi connectivity index (χ1) is 11.8. The van der Waals surface area contributed by atoms with Crippen molar-refractivity contribution in [2.45, 2.75) is 26.1 Å². The van der Waals surface area contributed by atoms with Gasteiger partial charge in [-0.3, -0.25) is 0 Å². The molecule has 8 heteroatoms. The maximum absolute atomic E-state index is 13.0. The van der Waals surface area contributed by atoms with Crippen molar-refractivity contribution in [2.24, 2.45) is 0 Å². The lowest BCUT2D eigenvalue weighted by Gasteiger charge is -2.16. The summed E-state index contributed by atoms with van der Waals surface area (Å²) in [6.45, 7) is 3.31. The molecule has 0 radical (unpaired) electrons. The Hall–Kier alpha value is -2.51. The fourth-order valence-corrected chi connectivity index (χ4v) is 2.08. The highest BCUT2D eigenvalue weighted by atomic mass is 19.4. The van der Waals surface area contributed by atoms with Gasteiger partial charge in [-0.05, 0) is 24.1 Å². The average molecular weight is 353 g/mol. The molecule has 0 saturated carbocycles. The lowest BCUT2D eigenvalue weighted by Crippen LogP contribution is -2.17. The zero-order valence-corrected chi connectivity index (χ0v) is 14.5. The van der Waals surface area contributed by atoms with E-state index < -0.39 is 11.9 Å². The molecular weight excluding hydrogens is 331 g/mol. The number of hydrogen-bond acceptors (Lipinski definition) is 5. The minimum Gasteiger partial charge on any atom is -0.385 e. The van der Waals surface area contributed by atoms with Crippen LogP contribution in [0.1, 0.15) is 24.6 Å². The molecule has 0 bridgehead atoms. The van der Waals surface area contributed by atoms with E-state index in [1.165, 1.54) is 4.90 Å². The molecule has 1 aromatic carbocycles. The van der Waals surface area contributed by atoms with Crippen molar-refractivity contribution in [3.63, 3.8) is 0 Å². The largest absolute Gasteiger partial charge is 0.433 e. The molecule has 0 aliphatic carbocycles. The van der Waals surface area contributed by atoms with Gasteiger partial charge in [-0.25, -0.2) is 4.98 Å². The molecular formula is C17H22F3N5. The number of rotatable bonds is 7. The maximum atomic E-state index is 13.0. The van der Waals surface area contributed by atoms with Gasteiger partial charge in [-0.15, -0.1) is 0 Å². The van der Waals surface area contributed by atoms with Gasteiger partial charge in [-0.1, -0.05) is 19.1 Å². The van der Waals surface area contributed by atoms with Gasteiger partial charge in [-0.2, -0.15) is 18.2 Å². The van der Waals surface area contributed by atoms with E-state index in [2.05, 4.69) is 27.5 Å². The third-order valence-corrected chi connectivity index (χ3v) is 3.44. The monoisotopic (exact) mass is 353 g/mol. The van der Waals surface area contributed by atoms with Gasteiger partial charge in [0.25, 0.3) is 0 Å². The summed E-state index contributed by atoms with van der Waals surface area (Å²) in [4.78, 5) is 9.20. The van der Waals surface area contributed by atoms with Crippen molar-refractivity contribution in [3.05, 3.63) is 41.6 Å². The van der Waals surface area contributed by atoms with Gasteiger partial charge in [0, 0.05) is 38.9 Å². The van der Waals surface area contributed by atoms with Gasteiger partial charge in [0.05, 0.1) is 0 Å². The van der Waals surface area contributed by atoms with E-state index in [1.54, 1.807) is 14.1 Å². The number of nitrogens with zero attached hydrogens (tertiary/aromatic N) is 3. The topological polar surface area (TPSA) is 53.1 Å². The van der Waals surface area contributed by atoms with E-state index in [0.717, 1.165) is 30.3 Å². The Balaban J connectivity index is 2.10. The summed E-state index contributed by atoms with van der Waals surface area (Å²) >= 11 is 0. The van der Waals surface area contributed by atoms with Crippen molar-refractivity contribution >= 4 is 17.5 Å². The molecule has 0 unspecified atom stereocenters. The van der Waals surface area contributed by atoms with Crippen LogP contribution in [0.5, 0.6) is 0 Å². The van der Waals surface area contributed by atoms with Crippen LogP contribution in [0.25, 0.3) is 0 Å². The Morgan fingerprint density at radius 3 is 2.28 bits per heavy atom. The number of alkyl halides is 3. The minimum absolute atomic E-state index is 0.0493. The Morgan fingerprint density at radius 2 is 1.72 bits per heavy atom. The lowest BCUT2D eigenvalue weighted by atomic mass is 10.2. The van der Waals surface area contributed by atoms with Crippen molar-refractivity contribution in [1.29, 1.82) is 0 Å². The van der Waals surface area contributed by atoms with E-state index in [4.69, 9.17) is 0 Å². The van der Waals surface area contributed by atoms with E-state index in [-0.39, 0.29) is 11.8 Å². The molecule has 2 aromatic rings. The summed E-state index contributed by atoms with van der Waals surface area (Å²) in [5.74, 6) is 0.149. The molecule has 0 atom stereocenters. The normalized spacial score (nSPS) is 11.3. The molecule has 2 N–H and O–H groups in total. The quantitative estimate of drug-likeness (QED) is 0.788. The molecule has 0 aliphatic rings. The van der Waals surface area contributed by atoms with Crippen LogP contribution in [0.3, 0.4) is 0 Å². The second-order valence-electron chi connectivity index (χ2n) is 5.80. The van der Waals surface area contributed by atoms with Crippen molar-refractivity contribution < 1.29 is 13.2 Å². The minimum atomic E-state index is -4.52. The van der Waals surface area contributed by atoms with Crippen molar-refractivity contribution in [1.82, 2.24) is 9.97 Å². The van der Waals surface area contributed by atoms with Crippen molar-refractivity contribution in [3.8, 4) is 0 Å². The zero-order valence-electron chi connectivity index (χ0n) is 14.5. The van der Waals surface area contributed by atoms with Gasteiger partial charge in [0.15, 0.2) is 5.69 Å². The molecule has 0 aliphatic heterocycles. The van der Waals surface area contributed by atoms with Crippen LogP contribution in [0.15, 0.2) is 30.3 Å². The van der Waals surface area contributed by atoms with Crippen LogP contribution < -0.4 is 15.5 Å². The maximum Gasteiger partial charge on any atom is 0.433 e. The third-order valence-electron chi connectivity index (χ3n) is 3.44. The van der Waals surface area contributed by atoms with E-state index >= 15 is 0 Å². The first kappa shape index (κ1) is 18.8. The lowest BCUT2D eigenvalue weighted by molar-refractivity contribution is -0.141. The number of aromatic nitrogens is 2. The predicted molar refractivity (Wildman–Crippen MR) is 93.9 cm³/mol. The van der Waals surface area contributed by atoms with E-state index in [0.29, 0.717) is 6.54 Å². The van der Waals surface area contributed by atoms with E-state index in [9.17, 15) is 13.2 Å². The van der Waals surface area contributed by atoms with Crippen LogP contribution in [0.2, 0.25) is 0 Å². The Kier molecular flexibility index (Phi) is 6.06. The van der Waals surface area contributed by atoms with Crippen LogP contribution in [0.4, 0.5) is 30.6 Å². The number of hydrogen-bond donors (Lipinski definition) is 2. The summed E-state index contributed by atoms with van der Waals surface area (Å²) in [5, 5.41) is 6.13. The highest BCUT2D eigenvalue weighted by Crippen LogP contribution is 2.30. The summed E-state index contributed by atoms with van der Waals surface area (Å²) in [5.41, 5.74) is 0.970. The summed E-state index contributed by atoms with van der Waals surface area (Å²) < 4.78 is 38.9. The predicted octanol–water partition coefficient (Wildman–Crippen LogP) is 4.00. The molecule has 0 spiro atoms. The van der Waals surface area contributed by atoms with Gasteiger partial charge >= 0.3 is 6.18 Å². The number of benzene rings is 1. The number of nitrogens with one attached hydrogen (secondary N) is 2. The Morgan fingerprint density at radius 1 is 1.04 bits per heavy atom. The van der Waals surface area contributed by atoms with Crippen LogP contribution >= 0.6 is 0 Å². The molecule has 25 heavy (non-hydrogen) atoms. The molecule has 0 amide bonds. The highest BCUT2D eigenvalue weighted by molar-refractivity contribution is 5.46. The molecule has 0 fully saturated rings. The van der Waals surface area contributed by atoms with Crippen LogP contribution in [0, 0.1) is 0 Å². The summed E-state index contributed by atoms with van der Waals surface area (Å²) in [6.07, 6.45) is -3.48. The van der Waals surface area contributed by atoms with E-state index in [1.807, 2.05) is 24.3 Å². The fraction of sp³-hybridized carbons (Fsp3) is 0.412. The summed E-state index contributed by atoms with van der Waals surface area (Å²) in [6, 6.07) is 8.62. The van der Waals surface area contributed by atoms with Gasteiger partial charge in [0.1, 0.15) is 5.82 Å². The molecule has 1 heterocycles. The second kappa shape index (κ2) is 8.04. The summed E-state index contributed by atoms with van der Waals surface area (Å²) in [7, 11) is 3.27. The Bertz CT molecular complexity index is 684. The fourth-order valence-electron chi connectivity index (χ4n) is 2.08. The molecule has 1 aromatic heterocycles. The molecule has 2 rings (SSSR count). The second-order valence-corrected chi connectivity index (χ2v) is 5.80. The smallest absolute Gasteiger partial charge is 0.385 e. The molecule has 0 saturated heterocycles. The zero-order chi connectivity index (χ0) is 18.4. The third kappa shape index (κ3) is 5.51. The SMILES string of the molecule is CCCNc1ccc(CNc2nc(N(C)C)cc(C(F)(F)F)n2)cc1. The van der Waals surface area contributed by atoms with Gasteiger partial charge < -0.3 is 15.5 Å². The molecule has 5 nitrogen and oxygen atoms in total. The van der Waals surface area contributed by atoms with Crippen LogP contribution in [-0.4, -0.2) is 30.6 Å². The first-order valence-electron chi connectivity index (χ1n) is 8.00. The standard InChI is InChI=1S/C17H22F3N5/c1-4-9-21-13-7-5-12(6-8-13)11-22-16-23-14(17(18,19)20)10-15(24-16)25(2)3/h5-8,10,21H,4,9,11H2,1-3H3,(H,22,23,24). The number of anilines is 3. The van der Waals surface area contributed by atoms with Crippen LogP contribution in [-0.2, 0) is 12.7 Å². The Labute approximate surface area is 145 Å². The van der Waals surface area contributed by atoms with Crippen molar-refractivity contribution in [2.75, 3.05) is 36.2 Å². The number of halogens is 3. The highest BCUT2D eigenvalue weighted by Gasteiger charge is 2.33.